The van der Waals surface area contributed by atoms with E-state index in [1.165, 1.54) is 19.1 Å². The van der Waals surface area contributed by atoms with Gasteiger partial charge in [-0.3, -0.25) is 0 Å². The number of carboxylic acid groups (broad SMARTS) is 1. The zero-order chi connectivity index (χ0) is 11.6. The van der Waals surface area contributed by atoms with E-state index in [0.29, 0.717) is 16.1 Å². The van der Waals surface area contributed by atoms with E-state index < -0.39 is 5.97 Å². The maximum atomic E-state index is 10.6. The molecule has 0 atom stereocenters. The highest BCUT2D eigenvalue weighted by molar-refractivity contribution is 6.30. The van der Waals surface area contributed by atoms with Crippen LogP contribution in [-0.4, -0.2) is 16.2 Å². The van der Waals surface area contributed by atoms with Crippen LogP contribution in [-0.2, 0) is 4.79 Å². The number of carboxylic acids is 1. The number of aromatic hydroxyl groups is 1. The minimum atomic E-state index is -1.02. The molecule has 1 aromatic carbocycles. The Morgan fingerprint density at radius 3 is 2.60 bits per heavy atom. The third-order valence-electron chi connectivity index (χ3n) is 2.00. The van der Waals surface area contributed by atoms with Crippen molar-refractivity contribution in [3.8, 4) is 5.75 Å². The molecule has 0 aliphatic rings. The van der Waals surface area contributed by atoms with E-state index in [1.807, 2.05) is 0 Å². The van der Waals surface area contributed by atoms with Gasteiger partial charge in [0.15, 0.2) is 0 Å². The Morgan fingerprint density at radius 2 is 2.07 bits per heavy atom. The second kappa shape index (κ2) is 4.36. The van der Waals surface area contributed by atoms with Crippen LogP contribution in [0.4, 0.5) is 0 Å². The van der Waals surface area contributed by atoms with Gasteiger partial charge in [-0.2, -0.15) is 0 Å². The van der Waals surface area contributed by atoms with Gasteiger partial charge >= 0.3 is 5.97 Å². The van der Waals surface area contributed by atoms with Crippen LogP contribution < -0.4 is 0 Å². The van der Waals surface area contributed by atoms with Crippen LogP contribution in [0, 0.1) is 6.92 Å². The highest BCUT2D eigenvalue weighted by Gasteiger charge is 2.06. The Morgan fingerprint density at radius 1 is 1.47 bits per heavy atom. The van der Waals surface area contributed by atoms with Gasteiger partial charge in [-0.1, -0.05) is 11.6 Å². The Labute approximate surface area is 92.6 Å². The van der Waals surface area contributed by atoms with E-state index in [0.717, 1.165) is 0 Å². The van der Waals surface area contributed by atoms with Gasteiger partial charge in [0.05, 0.1) is 0 Å². The Hall–Kier alpha value is -1.48. The molecule has 0 bridgehead atoms. The van der Waals surface area contributed by atoms with E-state index >= 15 is 0 Å². The van der Waals surface area contributed by atoms with E-state index in [9.17, 15) is 9.90 Å². The third-order valence-corrected chi connectivity index (χ3v) is 2.22. The van der Waals surface area contributed by atoms with Crippen molar-refractivity contribution in [1.29, 1.82) is 0 Å². The molecule has 4 heteroatoms. The summed E-state index contributed by atoms with van der Waals surface area (Å²) in [5.74, 6) is -0.966. The summed E-state index contributed by atoms with van der Waals surface area (Å²) < 4.78 is 0. The molecule has 2 N–H and O–H groups in total. The lowest BCUT2D eigenvalue weighted by Gasteiger charge is -2.04. The topological polar surface area (TPSA) is 57.5 Å². The minimum absolute atomic E-state index is 0.0556. The van der Waals surface area contributed by atoms with Gasteiger partial charge in [0.1, 0.15) is 5.75 Å². The minimum Gasteiger partial charge on any atom is -0.507 e. The number of rotatable bonds is 2. The summed E-state index contributed by atoms with van der Waals surface area (Å²) in [5, 5.41) is 18.8. The van der Waals surface area contributed by atoms with Crippen LogP contribution in [0.3, 0.4) is 0 Å². The number of aryl methyl sites for hydroxylation is 1. The van der Waals surface area contributed by atoms with Crippen molar-refractivity contribution in [2.45, 2.75) is 13.8 Å². The molecule has 0 amide bonds. The number of phenols is 1. The van der Waals surface area contributed by atoms with Crippen LogP contribution in [0.25, 0.3) is 6.08 Å². The third kappa shape index (κ3) is 2.73. The molecule has 0 spiro atoms. The highest BCUT2D eigenvalue weighted by atomic mass is 35.5. The average molecular weight is 227 g/mol. The van der Waals surface area contributed by atoms with E-state index in [-0.39, 0.29) is 11.3 Å². The lowest BCUT2D eigenvalue weighted by molar-refractivity contribution is -0.132. The van der Waals surface area contributed by atoms with Crippen molar-refractivity contribution < 1.29 is 15.0 Å². The molecule has 0 radical (unpaired) electrons. The van der Waals surface area contributed by atoms with Gasteiger partial charge < -0.3 is 10.2 Å². The number of phenolic OH excluding ortho intramolecular Hbond substituents is 1. The van der Waals surface area contributed by atoms with Crippen LogP contribution in [0.2, 0.25) is 5.02 Å². The standard InChI is InChI=1S/C11H11ClO3/c1-6-4-9(12)5-8(10(6)13)3-7(2)11(14)15/h3-5,13H,1-2H3,(H,14,15)/b7-3+. The van der Waals surface area contributed by atoms with Gasteiger partial charge in [-0.05, 0) is 37.6 Å². The van der Waals surface area contributed by atoms with Crippen LogP contribution >= 0.6 is 11.6 Å². The lowest BCUT2D eigenvalue weighted by Crippen LogP contribution is -1.95. The normalized spacial score (nSPS) is 11.5. The molecule has 0 aliphatic carbocycles. The van der Waals surface area contributed by atoms with Gasteiger partial charge in [-0.25, -0.2) is 4.79 Å². The van der Waals surface area contributed by atoms with Gasteiger partial charge in [0.25, 0.3) is 0 Å². The van der Waals surface area contributed by atoms with Crippen molar-refractivity contribution in [1.82, 2.24) is 0 Å². The fourth-order valence-electron chi connectivity index (χ4n) is 1.17. The maximum Gasteiger partial charge on any atom is 0.331 e. The van der Waals surface area contributed by atoms with Crippen molar-refractivity contribution in [3.05, 3.63) is 33.9 Å². The SMILES string of the molecule is C/C(=C\c1cc(Cl)cc(C)c1O)C(=O)O. The lowest BCUT2D eigenvalue weighted by atomic mass is 10.1. The summed E-state index contributed by atoms with van der Waals surface area (Å²) in [6.07, 6.45) is 1.39. The largest absolute Gasteiger partial charge is 0.507 e. The van der Waals surface area contributed by atoms with E-state index in [1.54, 1.807) is 13.0 Å². The Kier molecular flexibility index (Phi) is 3.37. The summed E-state index contributed by atoms with van der Waals surface area (Å²) >= 11 is 5.80. The van der Waals surface area contributed by atoms with E-state index in [2.05, 4.69) is 0 Å². The first-order chi connectivity index (χ1) is 6.91. The molecule has 15 heavy (non-hydrogen) atoms. The summed E-state index contributed by atoms with van der Waals surface area (Å²) in [6.45, 7) is 3.16. The molecule has 80 valence electrons. The molecule has 0 saturated heterocycles. The molecule has 3 nitrogen and oxygen atoms in total. The number of hydrogen-bond acceptors (Lipinski definition) is 2. The van der Waals surface area contributed by atoms with Crippen molar-refractivity contribution in [3.63, 3.8) is 0 Å². The summed E-state index contributed by atoms with van der Waals surface area (Å²) in [7, 11) is 0. The molecule has 0 fully saturated rings. The highest BCUT2D eigenvalue weighted by Crippen LogP contribution is 2.28. The number of carbonyl (C=O) groups is 1. The van der Waals surface area contributed by atoms with Gasteiger partial charge in [-0.15, -0.1) is 0 Å². The van der Waals surface area contributed by atoms with Crippen molar-refractivity contribution in [2.24, 2.45) is 0 Å². The number of hydrogen-bond donors (Lipinski definition) is 2. The Bertz CT molecular complexity index is 436. The van der Waals surface area contributed by atoms with Crippen LogP contribution in [0.5, 0.6) is 5.75 Å². The fraction of sp³-hybridized carbons (Fsp3) is 0.182. The summed E-state index contributed by atoms with van der Waals surface area (Å²) in [5.41, 5.74) is 1.18. The van der Waals surface area contributed by atoms with Gasteiger partial charge in [0.2, 0.25) is 0 Å². The Balaban J connectivity index is 3.26. The molecule has 0 heterocycles. The molecule has 0 aromatic heterocycles. The zero-order valence-electron chi connectivity index (χ0n) is 8.41. The first-order valence-electron chi connectivity index (χ1n) is 4.32. The predicted octanol–water partition coefficient (Wildman–Crippen LogP) is 2.84. The summed E-state index contributed by atoms with van der Waals surface area (Å²) in [6, 6.07) is 3.14. The molecular weight excluding hydrogens is 216 g/mol. The van der Waals surface area contributed by atoms with Crippen LogP contribution in [0.1, 0.15) is 18.1 Å². The molecule has 1 rings (SSSR count). The number of aliphatic carboxylic acids is 1. The van der Waals surface area contributed by atoms with E-state index in [4.69, 9.17) is 16.7 Å². The van der Waals surface area contributed by atoms with Crippen molar-refractivity contribution >= 4 is 23.6 Å². The number of halogens is 1. The molecular formula is C11H11ClO3. The maximum absolute atomic E-state index is 10.6. The molecule has 0 unspecified atom stereocenters. The fourth-order valence-corrected chi connectivity index (χ4v) is 1.45. The second-order valence-corrected chi connectivity index (χ2v) is 3.73. The monoisotopic (exact) mass is 226 g/mol. The second-order valence-electron chi connectivity index (χ2n) is 3.29. The molecule has 0 aliphatic heterocycles. The van der Waals surface area contributed by atoms with Gasteiger partial charge in [0, 0.05) is 16.2 Å². The predicted molar refractivity (Wildman–Crippen MR) is 59.1 cm³/mol. The number of benzene rings is 1. The quantitative estimate of drug-likeness (QED) is 0.763. The first kappa shape index (κ1) is 11.6. The molecule has 1 aromatic rings. The zero-order valence-corrected chi connectivity index (χ0v) is 9.17. The van der Waals surface area contributed by atoms with Crippen molar-refractivity contribution in [2.75, 3.05) is 0 Å². The average Bonchev–Trinajstić information content (AvgIpc) is 2.13. The van der Waals surface area contributed by atoms with Crippen LogP contribution in [0.15, 0.2) is 17.7 Å². The smallest absolute Gasteiger partial charge is 0.331 e. The summed E-state index contributed by atoms with van der Waals surface area (Å²) in [4.78, 5) is 10.6. The molecule has 0 saturated carbocycles. The first-order valence-corrected chi connectivity index (χ1v) is 4.70.